The van der Waals surface area contributed by atoms with E-state index in [4.69, 9.17) is 4.18 Å². The zero-order valence-electron chi connectivity index (χ0n) is 40.9. The van der Waals surface area contributed by atoms with Crippen molar-refractivity contribution in [3.63, 3.8) is 0 Å². The molecule has 0 aliphatic carbocycles. The van der Waals surface area contributed by atoms with E-state index in [0.717, 1.165) is 74.1 Å². The summed E-state index contributed by atoms with van der Waals surface area (Å²) in [5, 5.41) is 4.72. The number of fused-ring (bicyclic) bond motifs is 2. The lowest BCUT2D eigenvalue weighted by atomic mass is 9.88. The first kappa shape index (κ1) is 57.2. The summed E-state index contributed by atoms with van der Waals surface area (Å²) in [5.74, 6) is -1.01. The number of imide groups is 2. The third-order valence-corrected chi connectivity index (χ3v) is 15.8. The maximum Gasteiger partial charge on any atom is 0.297 e. The largest absolute Gasteiger partial charge is 0.320 e. The molecule has 15 nitrogen and oxygen atoms in total. The molecule has 6 aliphatic heterocycles. The summed E-state index contributed by atoms with van der Waals surface area (Å²) < 4.78 is 33.8. The molecular weight excluding hydrogens is 935 g/mol. The van der Waals surface area contributed by atoms with Crippen LogP contribution in [-0.4, -0.2) is 106 Å². The lowest BCUT2D eigenvalue weighted by molar-refractivity contribution is -0.143. The molecule has 6 aliphatic rings. The maximum absolute atomic E-state index is 12.9. The summed E-state index contributed by atoms with van der Waals surface area (Å²) in [6.45, 7) is 20.0. The van der Waals surface area contributed by atoms with Crippen molar-refractivity contribution in [2.24, 2.45) is 0 Å². The van der Waals surface area contributed by atoms with Gasteiger partial charge in [0.2, 0.25) is 11.8 Å². The van der Waals surface area contributed by atoms with Gasteiger partial charge in [0, 0.05) is 63.2 Å². The number of rotatable bonds is 6. The third-order valence-electron chi connectivity index (χ3n) is 13.4. The Hall–Kier alpha value is -4.43. The molecule has 69 heavy (non-hydrogen) atoms. The molecule has 0 radical (unpaired) electrons. The Labute approximate surface area is 414 Å². The van der Waals surface area contributed by atoms with Gasteiger partial charge in [0.05, 0.1) is 11.0 Å². The highest BCUT2D eigenvalue weighted by atomic mass is 32.2. The molecule has 18 heteroatoms. The van der Waals surface area contributed by atoms with Crippen LogP contribution < -0.4 is 10.6 Å². The Kier molecular flexibility index (Phi) is 20.4. The Balaban J connectivity index is 0.000000220. The van der Waals surface area contributed by atoms with Gasteiger partial charge in [-0.2, -0.15) is 8.42 Å². The van der Waals surface area contributed by atoms with E-state index in [1.54, 1.807) is 47.9 Å². The van der Waals surface area contributed by atoms with Crippen LogP contribution in [0.1, 0.15) is 155 Å². The van der Waals surface area contributed by atoms with Crippen LogP contribution in [-0.2, 0) is 46.6 Å². The van der Waals surface area contributed by atoms with Gasteiger partial charge in [-0.15, -0.1) is 0 Å². The molecular formula is C51H74N6O9P2S. The first-order chi connectivity index (χ1) is 32.3. The van der Waals surface area contributed by atoms with Gasteiger partial charge in [0.25, 0.3) is 33.7 Å². The molecule has 3 aromatic rings. The lowest BCUT2D eigenvalue weighted by Crippen LogP contribution is -2.61. The number of amides is 6. The average Bonchev–Trinajstić information content (AvgIpc) is 3.84. The van der Waals surface area contributed by atoms with Crippen LogP contribution in [0.4, 0.5) is 0 Å². The fourth-order valence-electron chi connectivity index (χ4n) is 9.09. The van der Waals surface area contributed by atoms with Crippen LogP contribution in [0.15, 0.2) is 65.6 Å². The first-order valence-corrected chi connectivity index (χ1v) is 26.3. The summed E-state index contributed by atoms with van der Waals surface area (Å²) in [7, 11) is 1.77. The highest BCUT2D eigenvalue weighted by Gasteiger charge is 2.50. The predicted molar refractivity (Wildman–Crippen MR) is 275 cm³/mol. The van der Waals surface area contributed by atoms with E-state index in [2.05, 4.69) is 50.9 Å². The molecule has 4 saturated heterocycles. The lowest BCUT2D eigenvalue weighted by Gasteiger charge is -2.39. The van der Waals surface area contributed by atoms with E-state index >= 15 is 0 Å². The number of carbonyl (C=O) groups excluding carboxylic acids is 6. The van der Waals surface area contributed by atoms with E-state index < -0.39 is 21.2 Å². The van der Waals surface area contributed by atoms with E-state index in [0.29, 0.717) is 43.0 Å². The van der Waals surface area contributed by atoms with Crippen LogP contribution in [0, 0.1) is 13.8 Å². The molecule has 6 heterocycles. The Morgan fingerprint density at radius 1 is 0.609 bits per heavy atom. The second-order valence-electron chi connectivity index (χ2n) is 18.1. The molecule has 9 rings (SSSR count). The zero-order chi connectivity index (χ0) is 50.1. The van der Waals surface area contributed by atoms with Crippen LogP contribution in [0.2, 0.25) is 0 Å². The van der Waals surface area contributed by atoms with Crippen molar-refractivity contribution in [1.29, 1.82) is 0 Å². The smallest absolute Gasteiger partial charge is 0.297 e. The first-order valence-electron chi connectivity index (χ1n) is 23.8. The monoisotopic (exact) mass is 1010 g/mol. The molecule has 0 bridgehead atoms. The SMILES string of the molecule is C.CC.CC.CC1(N2Cc3cc(C4CCN(P)CC4)ccc3C2=O)CCC(=O)NC1=O.Cc1ccc(S(=O)(=O)OC2CCN(P)CC2)cc1.Cc1ccc2c(c1)CN(C1(C)CCC(=O)NC1=O)C2=O. The second kappa shape index (κ2) is 24.6. The van der Waals surface area contributed by atoms with Crippen molar-refractivity contribution < 1.29 is 41.4 Å². The molecule has 0 spiro atoms. The molecule has 0 saturated carbocycles. The van der Waals surface area contributed by atoms with Gasteiger partial charge in [-0.25, -0.2) is 0 Å². The van der Waals surface area contributed by atoms with Gasteiger partial charge in [-0.1, -0.05) is 101 Å². The fraction of sp³-hybridized carbons (Fsp3) is 0.529. The summed E-state index contributed by atoms with van der Waals surface area (Å²) in [6.07, 6.45) is 4.79. The van der Waals surface area contributed by atoms with Crippen LogP contribution in [0.3, 0.4) is 0 Å². The predicted octanol–water partition coefficient (Wildman–Crippen LogP) is 7.60. The Morgan fingerprint density at radius 2 is 1.03 bits per heavy atom. The van der Waals surface area contributed by atoms with Crippen LogP contribution >= 0.6 is 18.8 Å². The van der Waals surface area contributed by atoms with Crippen LogP contribution in [0.5, 0.6) is 0 Å². The highest BCUT2D eigenvalue weighted by Crippen LogP contribution is 2.38. The topological polar surface area (TPSA) is 183 Å². The van der Waals surface area contributed by atoms with Crippen molar-refractivity contribution in [3.8, 4) is 0 Å². The number of nitrogens with zero attached hydrogens (tertiary/aromatic N) is 4. The summed E-state index contributed by atoms with van der Waals surface area (Å²) >= 11 is 0. The van der Waals surface area contributed by atoms with E-state index in [1.165, 1.54) is 5.56 Å². The zero-order valence-corrected chi connectivity index (χ0v) is 44.0. The summed E-state index contributed by atoms with van der Waals surface area (Å²) in [6, 6.07) is 18.5. The molecule has 4 fully saturated rings. The quantitative estimate of drug-likeness (QED) is 0.141. The minimum atomic E-state index is -3.62. The number of nitrogens with one attached hydrogen (secondary N) is 2. The van der Waals surface area contributed by atoms with Gasteiger partial charge in [-0.05, 0) is 113 Å². The minimum absolute atomic E-state index is 0. The number of hydrogen-bond donors (Lipinski definition) is 2. The molecule has 3 aromatic carbocycles. The molecule has 2 N–H and O–H groups in total. The van der Waals surface area contributed by atoms with Crippen molar-refractivity contribution in [2.75, 3.05) is 26.2 Å². The maximum atomic E-state index is 12.9. The third kappa shape index (κ3) is 13.3. The normalized spacial score (nSPS) is 23.0. The van der Waals surface area contributed by atoms with Crippen molar-refractivity contribution >= 4 is 64.3 Å². The van der Waals surface area contributed by atoms with Crippen molar-refractivity contribution in [2.45, 2.75) is 155 Å². The fourth-order valence-corrected chi connectivity index (χ4v) is 10.8. The van der Waals surface area contributed by atoms with Gasteiger partial charge in [0.15, 0.2) is 0 Å². The number of piperidine rings is 4. The van der Waals surface area contributed by atoms with Gasteiger partial charge in [-0.3, -0.25) is 52.9 Å². The molecule has 6 amide bonds. The van der Waals surface area contributed by atoms with Crippen LogP contribution in [0.25, 0.3) is 0 Å². The average molecular weight is 1010 g/mol. The number of carbonyl (C=O) groups is 6. The van der Waals surface area contributed by atoms with Gasteiger partial charge < -0.3 is 9.80 Å². The minimum Gasteiger partial charge on any atom is -0.320 e. The van der Waals surface area contributed by atoms with E-state index in [-0.39, 0.29) is 66.7 Å². The Morgan fingerprint density at radius 3 is 1.49 bits per heavy atom. The molecule has 4 atom stereocenters. The van der Waals surface area contributed by atoms with E-state index in [9.17, 15) is 37.2 Å². The second-order valence-corrected chi connectivity index (χ2v) is 21.1. The summed E-state index contributed by atoms with van der Waals surface area (Å²) in [4.78, 5) is 76.2. The van der Waals surface area contributed by atoms with Gasteiger partial charge in [0.1, 0.15) is 11.1 Å². The molecule has 378 valence electrons. The number of benzene rings is 3. The summed E-state index contributed by atoms with van der Waals surface area (Å²) in [5.41, 5.74) is 4.77. The van der Waals surface area contributed by atoms with E-state index in [1.807, 2.05) is 65.8 Å². The Bertz CT molecular complexity index is 2460. The highest BCUT2D eigenvalue weighted by molar-refractivity contribution is 7.86. The number of hydrogen-bond acceptors (Lipinski definition) is 11. The molecule has 0 aromatic heterocycles. The molecule has 4 unspecified atom stereocenters. The number of aryl methyl sites for hydroxylation is 2. The van der Waals surface area contributed by atoms with Gasteiger partial charge >= 0.3 is 0 Å². The van der Waals surface area contributed by atoms with Crippen molar-refractivity contribution in [3.05, 3.63) is 99.6 Å². The standard InChI is InChI=1S/C19H24N3O3P.C15H16N2O3.C12H18NO3PS.2C2H6.CH4/c1-19(7-4-16(23)20-18(19)25)22-11-14-10-13(2-3-15(14)17(22)24)12-5-8-21(26)9-6-12;1-9-3-4-11-10(7-9)8-17(13(11)19)15(2)6-5-12(18)16-14(15)20;1-10-2-4-12(5-3-10)18(14,15)16-11-6-8-13(17)9-7-11;2*1-2;/h2-3,10,12H,4-9,11,26H2,1H3,(H,20,23,25);3-4,7H,5-6,8H2,1-2H3,(H,16,18,20);2-5,11H,6-9,17H2,1H3;2*1-2H3;1H4. The van der Waals surface area contributed by atoms with Crippen molar-refractivity contribution in [1.82, 2.24) is 29.8 Å².